The molecule has 0 atom stereocenters. The van der Waals surface area contributed by atoms with Gasteiger partial charge in [-0.15, -0.1) is 0 Å². The molecule has 0 aliphatic heterocycles. The molecule has 0 aliphatic rings. The van der Waals surface area contributed by atoms with E-state index in [-0.39, 0.29) is 5.91 Å². The third kappa shape index (κ3) is 3.29. The summed E-state index contributed by atoms with van der Waals surface area (Å²) in [5, 5.41) is 1.07. The SMILES string of the molecule is Cc1cc(C)c2c(CC(=O)N(C)Cc3ccccc3)coc2c1. The molecular formula is C20H21NO2. The van der Waals surface area contributed by atoms with E-state index in [2.05, 4.69) is 13.0 Å². The molecule has 0 bridgehead atoms. The van der Waals surface area contributed by atoms with Gasteiger partial charge >= 0.3 is 0 Å². The molecule has 0 radical (unpaired) electrons. The lowest BCUT2D eigenvalue weighted by Gasteiger charge is -2.17. The van der Waals surface area contributed by atoms with Crippen molar-refractivity contribution in [2.75, 3.05) is 7.05 Å². The highest BCUT2D eigenvalue weighted by Crippen LogP contribution is 2.27. The molecule has 1 heterocycles. The van der Waals surface area contributed by atoms with Crippen molar-refractivity contribution < 1.29 is 9.21 Å². The van der Waals surface area contributed by atoms with Crippen LogP contribution >= 0.6 is 0 Å². The highest BCUT2D eigenvalue weighted by Gasteiger charge is 2.15. The van der Waals surface area contributed by atoms with Gasteiger partial charge in [-0.3, -0.25) is 4.79 Å². The number of carbonyl (C=O) groups is 1. The second-order valence-corrected chi connectivity index (χ2v) is 6.13. The van der Waals surface area contributed by atoms with Gasteiger partial charge in [0.25, 0.3) is 0 Å². The first-order valence-electron chi connectivity index (χ1n) is 7.80. The number of furan rings is 1. The van der Waals surface area contributed by atoms with Crippen molar-refractivity contribution in [3.63, 3.8) is 0 Å². The molecule has 0 aliphatic carbocycles. The van der Waals surface area contributed by atoms with Crippen molar-refractivity contribution in [1.82, 2.24) is 4.90 Å². The third-order valence-corrected chi connectivity index (χ3v) is 4.12. The number of likely N-dealkylation sites (N-methyl/N-ethyl adjacent to an activating group) is 1. The minimum atomic E-state index is 0.0940. The summed E-state index contributed by atoms with van der Waals surface area (Å²) in [5.74, 6) is 0.0940. The molecule has 23 heavy (non-hydrogen) atoms. The van der Waals surface area contributed by atoms with Crippen LogP contribution in [0.3, 0.4) is 0 Å². The maximum atomic E-state index is 12.5. The fraction of sp³-hybridized carbons (Fsp3) is 0.250. The lowest BCUT2D eigenvalue weighted by molar-refractivity contribution is -0.129. The second kappa shape index (κ2) is 6.29. The summed E-state index contributed by atoms with van der Waals surface area (Å²) in [6.45, 7) is 4.73. The van der Waals surface area contributed by atoms with Crippen LogP contribution in [0.15, 0.2) is 53.1 Å². The number of carbonyl (C=O) groups excluding carboxylic acids is 1. The number of hydrogen-bond acceptors (Lipinski definition) is 2. The largest absolute Gasteiger partial charge is 0.464 e. The van der Waals surface area contributed by atoms with Gasteiger partial charge in [0.05, 0.1) is 12.7 Å². The zero-order valence-corrected chi connectivity index (χ0v) is 13.8. The van der Waals surface area contributed by atoms with Gasteiger partial charge in [0.2, 0.25) is 5.91 Å². The Kier molecular flexibility index (Phi) is 4.20. The zero-order chi connectivity index (χ0) is 16.4. The Hall–Kier alpha value is -2.55. The fourth-order valence-electron chi connectivity index (χ4n) is 3.00. The first-order chi connectivity index (χ1) is 11.0. The molecule has 0 saturated heterocycles. The fourth-order valence-corrected chi connectivity index (χ4v) is 3.00. The van der Waals surface area contributed by atoms with Gasteiger partial charge < -0.3 is 9.32 Å². The maximum absolute atomic E-state index is 12.5. The van der Waals surface area contributed by atoms with Gasteiger partial charge in [-0.25, -0.2) is 0 Å². The van der Waals surface area contributed by atoms with Crippen LogP contribution in [0.2, 0.25) is 0 Å². The molecular weight excluding hydrogens is 286 g/mol. The molecule has 2 aromatic carbocycles. The van der Waals surface area contributed by atoms with E-state index >= 15 is 0 Å². The van der Waals surface area contributed by atoms with E-state index in [1.165, 1.54) is 5.56 Å². The quantitative estimate of drug-likeness (QED) is 0.722. The molecule has 3 nitrogen and oxygen atoms in total. The molecule has 1 amide bonds. The minimum Gasteiger partial charge on any atom is -0.464 e. The number of nitrogens with zero attached hydrogens (tertiary/aromatic N) is 1. The van der Waals surface area contributed by atoms with Crippen LogP contribution in [0.4, 0.5) is 0 Å². The lowest BCUT2D eigenvalue weighted by Crippen LogP contribution is -2.27. The molecule has 3 heteroatoms. The Morgan fingerprint density at radius 3 is 2.61 bits per heavy atom. The van der Waals surface area contributed by atoms with Crippen LogP contribution in [0.25, 0.3) is 11.0 Å². The zero-order valence-electron chi connectivity index (χ0n) is 13.8. The number of hydrogen-bond donors (Lipinski definition) is 0. The monoisotopic (exact) mass is 307 g/mol. The number of benzene rings is 2. The van der Waals surface area contributed by atoms with Gasteiger partial charge in [-0.2, -0.15) is 0 Å². The molecule has 1 aromatic heterocycles. The molecule has 0 fully saturated rings. The Morgan fingerprint density at radius 2 is 1.87 bits per heavy atom. The van der Waals surface area contributed by atoms with Crippen LogP contribution < -0.4 is 0 Å². The van der Waals surface area contributed by atoms with Gasteiger partial charge in [-0.1, -0.05) is 36.4 Å². The highest BCUT2D eigenvalue weighted by atomic mass is 16.3. The van der Waals surface area contributed by atoms with Crippen molar-refractivity contribution >= 4 is 16.9 Å². The summed E-state index contributed by atoms with van der Waals surface area (Å²) in [6.07, 6.45) is 2.07. The summed E-state index contributed by atoms with van der Waals surface area (Å²) in [7, 11) is 1.84. The van der Waals surface area contributed by atoms with Crippen LogP contribution in [-0.4, -0.2) is 17.9 Å². The van der Waals surface area contributed by atoms with Crippen LogP contribution in [0.1, 0.15) is 22.3 Å². The molecule has 0 spiro atoms. The van der Waals surface area contributed by atoms with Crippen molar-refractivity contribution in [3.8, 4) is 0 Å². The molecule has 3 aromatic rings. The lowest BCUT2D eigenvalue weighted by atomic mass is 10.0. The van der Waals surface area contributed by atoms with Crippen molar-refractivity contribution in [3.05, 3.63) is 71.0 Å². The maximum Gasteiger partial charge on any atom is 0.227 e. The third-order valence-electron chi connectivity index (χ3n) is 4.12. The van der Waals surface area contributed by atoms with Crippen LogP contribution in [-0.2, 0) is 17.8 Å². The van der Waals surface area contributed by atoms with E-state index < -0.39 is 0 Å². The summed E-state index contributed by atoms with van der Waals surface area (Å²) in [4.78, 5) is 14.3. The van der Waals surface area contributed by atoms with Gasteiger partial charge in [-0.05, 0) is 36.6 Å². The normalized spacial score (nSPS) is 10.9. The Labute approximate surface area is 136 Å². The van der Waals surface area contributed by atoms with E-state index in [4.69, 9.17) is 4.42 Å². The number of amides is 1. The van der Waals surface area contributed by atoms with Gasteiger partial charge in [0.1, 0.15) is 5.58 Å². The summed E-state index contributed by atoms with van der Waals surface area (Å²) >= 11 is 0. The molecule has 3 rings (SSSR count). The number of aryl methyl sites for hydroxylation is 2. The highest BCUT2D eigenvalue weighted by molar-refractivity contribution is 5.90. The number of fused-ring (bicyclic) bond motifs is 1. The average Bonchev–Trinajstić information content (AvgIpc) is 2.91. The van der Waals surface area contributed by atoms with E-state index in [1.807, 2.05) is 50.4 Å². The smallest absolute Gasteiger partial charge is 0.227 e. The Bertz CT molecular complexity index is 833. The molecule has 0 unspecified atom stereocenters. The van der Waals surface area contributed by atoms with Crippen LogP contribution in [0, 0.1) is 13.8 Å². The van der Waals surface area contributed by atoms with E-state index in [1.54, 1.807) is 11.2 Å². The molecule has 0 saturated carbocycles. The van der Waals surface area contributed by atoms with E-state index in [0.29, 0.717) is 13.0 Å². The standard InChI is InChI=1S/C20H21NO2/c1-14-9-15(2)20-17(13-23-18(20)10-14)11-19(22)21(3)12-16-7-5-4-6-8-16/h4-10,13H,11-12H2,1-3H3. The van der Waals surface area contributed by atoms with Crippen molar-refractivity contribution in [2.45, 2.75) is 26.8 Å². The summed E-state index contributed by atoms with van der Waals surface area (Å²) in [6, 6.07) is 14.2. The van der Waals surface area contributed by atoms with Crippen molar-refractivity contribution in [2.24, 2.45) is 0 Å². The summed E-state index contributed by atoms with van der Waals surface area (Å²) < 4.78 is 5.64. The minimum absolute atomic E-state index is 0.0940. The first kappa shape index (κ1) is 15.3. The topological polar surface area (TPSA) is 33.5 Å². The van der Waals surface area contributed by atoms with E-state index in [9.17, 15) is 4.79 Å². The predicted molar refractivity (Wildman–Crippen MR) is 92.3 cm³/mol. The second-order valence-electron chi connectivity index (χ2n) is 6.13. The van der Waals surface area contributed by atoms with Crippen molar-refractivity contribution in [1.29, 1.82) is 0 Å². The average molecular weight is 307 g/mol. The summed E-state index contributed by atoms with van der Waals surface area (Å²) in [5.41, 5.74) is 5.27. The molecule has 0 N–H and O–H groups in total. The Balaban J connectivity index is 1.78. The Morgan fingerprint density at radius 1 is 1.13 bits per heavy atom. The predicted octanol–water partition coefficient (Wildman–Crippen LogP) is 4.25. The number of rotatable bonds is 4. The van der Waals surface area contributed by atoms with E-state index in [0.717, 1.165) is 27.7 Å². The van der Waals surface area contributed by atoms with Crippen LogP contribution in [0.5, 0.6) is 0 Å². The van der Waals surface area contributed by atoms with Gasteiger partial charge in [0.15, 0.2) is 0 Å². The molecule has 118 valence electrons. The first-order valence-corrected chi connectivity index (χ1v) is 7.80. The van der Waals surface area contributed by atoms with Gasteiger partial charge in [0, 0.05) is 24.5 Å².